The van der Waals surface area contributed by atoms with Gasteiger partial charge in [-0.1, -0.05) is 129 Å². The topological polar surface area (TPSA) is 27.1 Å². The highest BCUT2D eigenvalue weighted by Crippen LogP contribution is 2.29. The van der Waals surface area contributed by atoms with Gasteiger partial charge < -0.3 is 9.30 Å². The second-order valence-corrected chi connectivity index (χ2v) is 11.2. The molecule has 0 amide bonds. The number of hydrogen-bond acceptors (Lipinski definition) is 2. The number of rotatable bonds is 19. The first kappa shape index (κ1) is 29.3. The molecule has 0 spiro atoms. The van der Waals surface area contributed by atoms with Crippen molar-refractivity contribution in [2.24, 2.45) is 0 Å². The Labute approximate surface area is 227 Å². The number of nitrogens with zero attached hydrogens (tertiary/aromatic N) is 2. The lowest BCUT2D eigenvalue weighted by Crippen LogP contribution is -2.09. The van der Waals surface area contributed by atoms with Gasteiger partial charge in [0.05, 0.1) is 11.0 Å². The van der Waals surface area contributed by atoms with Crippen molar-refractivity contribution in [3.63, 3.8) is 0 Å². The Kier molecular flexibility index (Phi) is 13.1. The first-order chi connectivity index (χ1) is 18.1. The maximum atomic E-state index is 6.38. The fraction of sp³-hybridized carbons (Fsp3) is 0.618. The molecule has 3 nitrogen and oxygen atoms in total. The fourth-order valence-corrected chi connectivity index (χ4v) is 5.34. The summed E-state index contributed by atoms with van der Waals surface area (Å²) in [5, 5.41) is 0. The van der Waals surface area contributed by atoms with Crippen LogP contribution in [0.1, 0.15) is 134 Å². The first-order valence-electron chi connectivity index (χ1n) is 15.3. The van der Waals surface area contributed by atoms with E-state index >= 15 is 0 Å². The number of para-hydroxylation sites is 2. The van der Waals surface area contributed by atoms with Crippen molar-refractivity contribution in [1.29, 1.82) is 0 Å². The van der Waals surface area contributed by atoms with Gasteiger partial charge in [-0.15, -0.1) is 0 Å². The van der Waals surface area contributed by atoms with Crippen molar-refractivity contribution < 1.29 is 4.74 Å². The molecule has 1 aromatic heterocycles. The summed E-state index contributed by atoms with van der Waals surface area (Å²) in [6.45, 7) is 10.4. The van der Waals surface area contributed by atoms with Crippen LogP contribution in [0.25, 0.3) is 11.0 Å². The van der Waals surface area contributed by atoms with Gasteiger partial charge in [-0.3, -0.25) is 0 Å². The zero-order chi connectivity index (χ0) is 26.3. The van der Waals surface area contributed by atoms with Crippen molar-refractivity contribution in [3.05, 3.63) is 59.4 Å². The average Bonchev–Trinajstić information content (AvgIpc) is 3.25. The molecule has 0 radical (unpaired) electrons. The van der Waals surface area contributed by atoms with Crippen LogP contribution in [-0.2, 0) is 13.2 Å². The molecule has 0 saturated carbocycles. The summed E-state index contributed by atoms with van der Waals surface area (Å²) in [6, 6.07) is 15.0. The quantitative estimate of drug-likeness (QED) is 0.152. The van der Waals surface area contributed by atoms with Gasteiger partial charge in [0.1, 0.15) is 18.2 Å². The molecular weight excluding hydrogens is 452 g/mol. The normalized spacial score (nSPS) is 11.6. The number of fused-ring (bicyclic) bond motifs is 1. The Morgan fingerprint density at radius 3 is 1.97 bits per heavy atom. The standard InChI is InChI=1S/C34H52N2O/c1-5-6-7-8-9-10-11-12-13-14-15-16-17-20-25-36-32-22-19-18-21-31(32)35-34(36)27-37-33-26-29(4)23-24-30(33)28(2)3/h18-19,21-24,26,28H,5-17,20,25,27H2,1-4H3. The van der Waals surface area contributed by atoms with Gasteiger partial charge in [0.15, 0.2) is 0 Å². The second kappa shape index (κ2) is 16.5. The Morgan fingerprint density at radius 2 is 1.35 bits per heavy atom. The predicted octanol–water partition coefficient (Wildman–Crippen LogP) is 10.5. The van der Waals surface area contributed by atoms with E-state index in [9.17, 15) is 0 Å². The van der Waals surface area contributed by atoms with E-state index in [4.69, 9.17) is 9.72 Å². The lowest BCUT2D eigenvalue weighted by atomic mass is 10.0. The molecule has 1 heterocycles. The highest BCUT2D eigenvalue weighted by atomic mass is 16.5. The molecule has 0 aliphatic heterocycles. The van der Waals surface area contributed by atoms with Gasteiger partial charge in [0, 0.05) is 6.54 Å². The van der Waals surface area contributed by atoms with Crippen LogP contribution >= 0.6 is 0 Å². The lowest BCUT2D eigenvalue weighted by Gasteiger charge is -2.15. The molecule has 0 atom stereocenters. The van der Waals surface area contributed by atoms with Crippen LogP contribution in [0.2, 0.25) is 0 Å². The van der Waals surface area contributed by atoms with E-state index in [1.165, 1.54) is 107 Å². The van der Waals surface area contributed by atoms with E-state index < -0.39 is 0 Å². The van der Waals surface area contributed by atoms with E-state index in [-0.39, 0.29) is 0 Å². The smallest absolute Gasteiger partial charge is 0.147 e. The summed E-state index contributed by atoms with van der Waals surface area (Å²) in [7, 11) is 0. The summed E-state index contributed by atoms with van der Waals surface area (Å²) in [4.78, 5) is 4.95. The minimum Gasteiger partial charge on any atom is -0.485 e. The van der Waals surface area contributed by atoms with Crippen LogP contribution in [0.3, 0.4) is 0 Å². The third kappa shape index (κ3) is 9.83. The molecule has 0 aliphatic rings. The average molecular weight is 505 g/mol. The highest BCUT2D eigenvalue weighted by Gasteiger charge is 2.13. The maximum Gasteiger partial charge on any atom is 0.147 e. The van der Waals surface area contributed by atoms with Gasteiger partial charge in [-0.05, 0) is 48.6 Å². The minimum atomic E-state index is 0.435. The maximum absolute atomic E-state index is 6.38. The van der Waals surface area contributed by atoms with Crippen molar-refractivity contribution in [2.45, 2.75) is 137 Å². The zero-order valence-corrected chi connectivity index (χ0v) is 24.2. The van der Waals surface area contributed by atoms with Crippen molar-refractivity contribution in [2.75, 3.05) is 0 Å². The summed E-state index contributed by atoms with van der Waals surface area (Å²) in [6.07, 6.45) is 19.4. The number of ether oxygens (including phenoxy) is 1. The molecule has 0 N–H and O–H groups in total. The van der Waals surface area contributed by atoms with Gasteiger partial charge in [0.2, 0.25) is 0 Å². The van der Waals surface area contributed by atoms with Crippen molar-refractivity contribution in [3.8, 4) is 5.75 Å². The SMILES string of the molecule is CCCCCCCCCCCCCCCCn1c(COc2cc(C)ccc2C(C)C)nc2ccccc21. The number of benzene rings is 2. The van der Waals surface area contributed by atoms with Gasteiger partial charge in [0.25, 0.3) is 0 Å². The molecule has 3 heteroatoms. The summed E-state index contributed by atoms with van der Waals surface area (Å²) in [5.74, 6) is 2.46. The molecule has 204 valence electrons. The van der Waals surface area contributed by atoms with Crippen molar-refractivity contribution in [1.82, 2.24) is 9.55 Å². The monoisotopic (exact) mass is 504 g/mol. The molecule has 0 fully saturated rings. The Balaban J connectivity index is 1.41. The molecule has 37 heavy (non-hydrogen) atoms. The van der Waals surface area contributed by atoms with Crippen LogP contribution < -0.4 is 4.74 Å². The van der Waals surface area contributed by atoms with Crippen LogP contribution in [0.4, 0.5) is 0 Å². The van der Waals surface area contributed by atoms with E-state index in [1.807, 2.05) is 0 Å². The fourth-order valence-electron chi connectivity index (χ4n) is 5.34. The number of aryl methyl sites for hydroxylation is 2. The summed E-state index contributed by atoms with van der Waals surface area (Å²) in [5.41, 5.74) is 4.79. The molecule has 3 rings (SSSR count). The minimum absolute atomic E-state index is 0.435. The molecule has 0 bridgehead atoms. The third-order valence-corrected chi connectivity index (χ3v) is 7.62. The molecule has 2 aromatic carbocycles. The second-order valence-electron chi connectivity index (χ2n) is 11.2. The third-order valence-electron chi connectivity index (χ3n) is 7.62. The van der Waals surface area contributed by atoms with Crippen LogP contribution in [0.5, 0.6) is 5.75 Å². The summed E-state index contributed by atoms with van der Waals surface area (Å²) >= 11 is 0. The first-order valence-corrected chi connectivity index (χ1v) is 15.3. The Bertz CT molecular complexity index is 1040. The van der Waals surface area contributed by atoms with Gasteiger partial charge in [-0.25, -0.2) is 4.98 Å². The summed E-state index contributed by atoms with van der Waals surface area (Å²) < 4.78 is 8.77. The largest absolute Gasteiger partial charge is 0.485 e. The Hall–Kier alpha value is -2.29. The number of imidazole rings is 1. The van der Waals surface area contributed by atoms with Crippen molar-refractivity contribution >= 4 is 11.0 Å². The van der Waals surface area contributed by atoms with Gasteiger partial charge in [-0.2, -0.15) is 0 Å². The lowest BCUT2D eigenvalue weighted by molar-refractivity contribution is 0.285. The van der Waals surface area contributed by atoms with E-state index in [0.717, 1.165) is 23.6 Å². The van der Waals surface area contributed by atoms with E-state index in [1.54, 1.807) is 0 Å². The number of aromatic nitrogens is 2. The molecule has 0 aliphatic carbocycles. The molecule has 0 saturated heterocycles. The number of hydrogen-bond donors (Lipinski definition) is 0. The molecule has 3 aromatic rings. The van der Waals surface area contributed by atoms with E-state index in [0.29, 0.717) is 12.5 Å². The Morgan fingerprint density at radius 1 is 0.757 bits per heavy atom. The number of unbranched alkanes of at least 4 members (excludes halogenated alkanes) is 13. The van der Waals surface area contributed by atoms with Crippen LogP contribution in [0, 0.1) is 6.92 Å². The van der Waals surface area contributed by atoms with E-state index in [2.05, 4.69) is 74.7 Å². The van der Waals surface area contributed by atoms with Crippen LogP contribution in [0.15, 0.2) is 42.5 Å². The van der Waals surface area contributed by atoms with Gasteiger partial charge >= 0.3 is 0 Å². The molecule has 0 unspecified atom stereocenters. The molecular formula is C34H52N2O. The zero-order valence-electron chi connectivity index (χ0n) is 24.2. The predicted molar refractivity (Wildman–Crippen MR) is 160 cm³/mol. The highest BCUT2D eigenvalue weighted by molar-refractivity contribution is 5.75. The van der Waals surface area contributed by atoms with Crippen LogP contribution in [-0.4, -0.2) is 9.55 Å².